The van der Waals surface area contributed by atoms with Crippen LogP contribution in [0.25, 0.3) is 0 Å². The zero-order valence-corrected chi connectivity index (χ0v) is 16.8. The number of carbonyl (C=O) groups is 2. The van der Waals surface area contributed by atoms with E-state index in [1.165, 1.54) is 6.42 Å². The Balaban J connectivity index is 1.62. The maximum Gasteiger partial charge on any atom is 0.253 e. The van der Waals surface area contributed by atoms with Gasteiger partial charge in [-0.3, -0.25) is 24.8 Å². The van der Waals surface area contributed by atoms with Crippen LogP contribution in [-0.2, 0) is 14.3 Å². The fourth-order valence-corrected chi connectivity index (χ4v) is 4.54. The number of rotatable bonds is 7. The van der Waals surface area contributed by atoms with Crippen molar-refractivity contribution in [1.82, 2.24) is 25.6 Å². The number of ether oxygens (including phenoxy) is 1. The second-order valence-electron chi connectivity index (χ2n) is 7.90. The summed E-state index contributed by atoms with van der Waals surface area (Å²) in [6.45, 7) is 10.8. The average molecular weight is 382 g/mol. The minimum atomic E-state index is -0.224. The summed E-state index contributed by atoms with van der Waals surface area (Å²) >= 11 is 0. The second kappa shape index (κ2) is 9.82. The molecule has 0 aliphatic carbocycles. The van der Waals surface area contributed by atoms with Gasteiger partial charge >= 0.3 is 0 Å². The summed E-state index contributed by atoms with van der Waals surface area (Å²) in [5.74, 6) is 0.785. The molecular weight excluding hydrogens is 346 g/mol. The highest BCUT2D eigenvalue weighted by atomic mass is 16.5. The lowest BCUT2D eigenvalue weighted by Crippen LogP contribution is -2.71. The Morgan fingerprint density at radius 1 is 1.11 bits per heavy atom. The molecule has 3 rings (SSSR count). The Hall–Kier alpha value is -1.22. The lowest BCUT2D eigenvalue weighted by atomic mass is 9.98. The first-order valence-corrected chi connectivity index (χ1v) is 10.5. The third kappa shape index (κ3) is 4.99. The first-order chi connectivity index (χ1) is 13.1. The number of amides is 2. The summed E-state index contributed by atoms with van der Waals surface area (Å²) in [4.78, 5) is 31.8. The number of carbonyl (C=O) groups excluding carboxylic acids is 2. The van der Waals surface area contributed by atoms with E-state index in [0.29, 0.717) is 32.2 Å². The monoisotopic (exact) mass is 381 g/mol. The van der Waals surface area contributed by atoms with Crippen LogP contribution in [-0.4, -0.2) is 97.6 Å². The molecule has 0 bridgehead atoms. The maximum atomic E-state index is 12.8. The quantitative estimate of drug-likeness (QED) is 0.628. The van der Waals surface area contributed by atoms with Crippen LogP contribution < -0.4 is 10.9 Å². The number of hydrogen-bond donors (Lipinski definition) is 2. The van der Waals surface area contributed by atoms with Gasteiger partial charge in [-0.25, -0.2) is 5.43 Å². The molecule has 3 aliphatic heterocycles. The van der Waals surface area contributed by atoms with Crippen molar-refractivity contribution in [3.05, 3.63) is 0 Å². The molecule has 154 valence electrons. The molecule has 3 heterocycles. The molecule has 2 amide bonds. The van der Waals surface area contributed by atoms with E-state index in [0.717, 1.165) is 45.6 Å². The molecule has 0 saturated carbocycles. The van der Waals surface area contributed by atoms with Crippen LogP contribution in [0.3, 0.4) is 0 Å². The minimum Gasteiger partial charge on any atom is -0.379 e. The molecular formula is C19H35N5O3. The van der Waals surface area contributed by atoms with E-state index in [1.54, 1.807) is 0 Å². The van der Waals surface area contributed by atoms with Gasteiger partial charge in [0.05, 0.1) is 19.8 Å². The molecule has 3 saturated heterocycles. The van der Waals surface area contributed by atoms with Crippen molar-refractivity contribution in [2.24, 2.45) is 5.92 Å². The van der Waals surface area contributed by atoms with Crippen molar-refractivity contribution in [2.45, 2.75) is 45.2 Å². The number of hydrazine groups is 1. The van der Waals surface area contributed by atoms with Crippen molar-refractivity contribution in [3.63, 3.8) is 0 Å². The lowest BCUT2D eigenvalue weighted by Gasteiger charge is -2.47. The second-order valence-corrected chi connectivity index (χ2v) is 7.90. The highest BCUT2D eigenvalue weighted by molar-refractivity contribution is 5.83. The lowest BCUT2D eigenvalue weighted by molar-refractivity contribution is -0.144. The van der Waals surface area contributed by atoms with Crippen LogP contribution in [0.2, 0.25) is 0 Å². The molecule has 0 aromatic heterocycles. The fraction of sp³-hybridized carbons (Fsp3) is 0.895. The van der Waals surface area contributed by atoms with E-state index in [4.69, 9.17) is 4.74 Å². The van der Waals surface area contributed by atoms with Gasteiger partial charge in [-0.05, 0) is 12.3 Å². The molecule has 8 nitrogen and oxygen atoms in total. The summed E-state index contributed by atoms with van der Waals surface area (Å²) in [7, 11) is 0. The SMILES string of the molecule is CCCC(CC)CN1CCN(C2CNNC(=O)C2N2CCOCC2)CC1=O. The molecule has 3 unspecified atom stereocenters. The average Bonchev–Trinajstić information content (AvgIpc) is 2.69. The number of nitrogens with zero attached hydrogens (tertiary/aromatic N) is 3. The summed E-state index contributed by atoms with van der Waals surface area (Å²) in [5.41, 5.74) is 5.78. The summed E-state index contributed by atoms with van der Waals surface area (Å²) in [6.07, 6.45) is 3.46. The Morgan fingerprint density at radius 3 is 2.56 bits per heavy atom. The van der Waals surface area contributed by atoms with Gasteiger partial charge in [-0.1, -0.05) is 26.7 Å². The number of piperazine rings is 1. The molecule has 3 atom stereocenters. The predicted octanol–water partition coefficient (Wildman–Crippen LogP) is -0.339. The maximum absolute atomic E-state index is 12.8. The predicted molar refractivity (Wildman–Crippen MR) is 103 cm³/mol. The smallest absolute Gasteiger partial charge is 0.253 e. The normalized spacial score (nSPS) is 29.6. The Morgan fingerprint density at radius 2 is 1.89 bits per heavy atom. The topological polar surface area (TPSA) is 77.2 Å². The first kappa shape index (κ1) is 20.5. The molecule has 0 aromatic carbocycles. The van der Waals surface area contributed by atoms with Crippen molar-refractivity contribution in [3.8, 4) is 0 Å². The van der Waals surface area contributed by atoms with E-state index in [-0.39, 0.29) is 23.9 Å². The largest absolute Gasteiger partial charge is 0.379 e. The molecule has 0 radical (unpaired) electrons. The zero-order valence-electron chi connectivity index (χ0n) is 16.8. The van der Waals surface area contributed by atoms with Crippen molar-refractivity contribution < 1.29 is 14.3 Å². The van der Waals surface area contributed by atoms with Gasteiger partial charge in [0, 0.05) is 45.3 Å². The zero-order chi connectivity index (χ0) is 19.2. The van der Waals surface area contributed by atoms with Crippen molar-refractivity contribution in [2.75, 3.05) is 59.0 Å². The molecule has 8 heteroatoms. The molecule has 0 spiro atoms. The van der Waals surface area contributed by atoms with Gasteiger partial charge < -0.3 is 9.64 Å². The van der Waals surface area contributed by atoms with Gasteiger partial charge in [-0.15, -0.1) is 0 Å². The van der Waals surface area contributed by atoms with Crippen LogP contribution in [0.5, 0.6) is 0 Å². The summed E-state index contributed by atoms with van der Waals surface area (Å²) in [6, 6.07) is -0.210. The van der Waals surface area contributed by atoms with E-state index < -0.39 is 0 Å². The van der Waals surface area contributed by atoms with Crippen LogP contribution in [0.4, 0.5) is 0 Å². The Labute approximate surface area is 162 Å². The van der Waals surface area contributed by atoms with E-state index >= 15 is 0 Å². The van der Waals surface area contributed by atoms with E-state index in [2.05, 4.69) is 34.5 Å². The van der Waals surface area contributed by atoms with Gasteiger partial charge in [0.2, 0.25) is 5.91 Å². The molecule has 3 fully saturated rings. The van der Waals surface area contributed by atoms with Crippen LogP contribution in [0.15, 0.2) is 0 Å². The molecule has 3 aliphatic rings. The van der Waals surface area contributed by atoms with E-state index in [1.807, 2.05) is 4.90 Å². The summed E-state index contributed by atoms with van der Waals surface area (Å²) < 4.78 is 5.44. The van der Waals surface area contributed by atoms with Gasteiger partial charge in [0.1, 0.15) is 6.04 Å². The Bertz CT molecular complexity index is 512. The fourth-order valence-electron chi connectivity index (χ4n) is 4.54. The first-order valence-electron chi connectivity index (χ1n) is 10.5. The third-order valence-electron chi connectivity index (χ3n) is 6.17. The van der Waals surface area contributed by atoms with Gasteiger partial charge in [0.25, 0.3) is 5.91 Å². The van der Waals surface area contributed by atoms with E-state index in [9.17, 15) is 9.59 Å². The minimum absolute atomic E-state index is 0.00276. The van der Waals surface area contributed by atoms with Crippen molar-refractivity contribution in [1.29, 1.82) is 0 Å². The highest BCUT2D eigenvalue weighted by Crippen LogP contribution is 2.20. The van der Waals surface area contributed by atoms with Crippen LogP contribution in [0.1, 0.15) is 33.1 Å². The van der Waals surface area contributed by atoms with Crippen LogP contribution in [0, 0.1) is 5.92 Å². The molecule has 2 N–H and O–H groups in total. The van der Waals surface area contributed by atoms with Gasteiger partial charge in [0.15, 0.2) is 0 Å². The third-order valence-corrected chi connectivity index (χ3v) is 6.17. The summed E-state index contributed by atoms with van der Waals surface area (Å²) in [5, 5.41) is 0. The molecule has 0 aromatic rings. The van der Waals surface area contributed by atoms with Crippen LogP contribution >= 0.6 is 0 Å². The van der Waals surface area contributed by atoms with Crippen molar-refractivity contribution >= 4 is 11.8 Å². The number of hydrogen-bond acceptors (Lipinski definition) is 6. The molecule has 27 heavy (non-hydrogen) atoms. The number of nitrogens with one attached hydrogen (secondary N) is 2. The number of morpholine rings is 1. The Kier molecular flexibility index (Phi) is 7.46. The van der Waals surface area contributed by atoms with Gasteiger partial charge in [-0.2, -0.15) is 0 Å². The highest BCUT2D eigenvalue weighted by Gasteiger charge is 2.42. The standard InChI is InChI=1S/C19H35N5O3/c1-3-5-15(4-2)13-24-7-6-23(14-17(24)25)16-12-20-21-19(26)18(16)22-8-10-27-11-9-22/h15-16,18,20H,3-14H2,1-2H3,(H,21,26).